The van der Waals surface area contributed by atoms with Gasteiger partial charge in [0.25, 0.3) is 0 Å². The number of rotatable bonds is 7. The van der Waals surface area contributed by atoms with E-state index in [1.807, 2.05) is 12.1 Å². The van der Waals surface area contributed by atoms with Crippen molar-refractivity contribution in [2.24, 2.45) is 5.73 Å². The van der Waals surface area contributed by atoms with Crippen molar-refractivity contribution in [3.8, 4) is 0 Å². The van der Waals surface area contributed by atoms with Crippen LogP contribution in [-0.4, -0.2) is 32.2 Å². The van der Waals surface area contributed by atoms with Gasteiger partial charge in [-0.1, -0.05) is 36.6 Å². The second-order valence-corrected chi connectivity index (χ2v) is 6.51. The molecule has 4 nitrogen and oxygen atoms in total. The van der Waals surface area contributed by atoms with Crippen molar-refractivity contribution < 1.29 is 9.53 Å². The summed E-state index contributed by atoms with van der Waals surface area (Å²) in [5, 5.41) is 3.81. The van der Waals surface area contributed by atoms with E-state index >= 15 is 0 Å². The third-order valence-electron chi connectivity index (χ3n) is 4.65. The molecule has 6 heteroatoms. The van der Waals surface area contributed by atoms with Gasteiger partial charge in [-0.25, -0.2) is 0 Å². The second kappa shape index (κ2) is 9.48. The fraction of sp³-hybridized carbons (Fsp3) is 0.588. The number of carbonyl (C=O) groups excluding carboxylic acids is 1. The van der Waals surface area contributed by atoms with E-state index in [1.54, 1.807) is 7.11 Å². The first kappa shape index (κ1) is 20.2. The minimum Gasteiger partial charge on any atom is -0.380 e. The smallest absolute Gasteiger partial charge is 0.222 e. The zero-order valence-electron chi connectivity index (χ0n) is 13.5. The molecule has 23 heavy (non-hydrogen) atoms. The van der Waals surface area contributed by atoms with Crippen molar-refractivity contribution in [3.63, 3.8) is 0 Å². The van der Waals surface area contributed by atoms with Crippen LogP contribution in [-0.2, 0) is 14.9 Å². The first-order valence-corrected chi connectivity index (χ1v) is 8.23. The van der Waals surface area contributed by atoms with E-state index in [4.69, 9.17) is 22.1 Å². The molecule has 3 N–H and O–H groups in total. The molecule has 1 fully saturated rings. The van der Waals surface area contributed by atoms with Crippen molar-refractivity contribution in [1.82, 2.24) is 5.32 Å². The quantitative estimate of drug-likeness (QED) is 0.785. The van der Waals surface area contributed by atoms with Gasteiger partial charge in [-0.15, -0.1) is 12.4 Å². The third-order valence-corrected chi connectivity index (χ3v) is 4.90. The van der Waals surface area contributed by atoms with Gasteiger partial charge in [-0.3, -0.25) is 4.79 Å². The van der Waals surface area contributed by atoms with E-state index in [2.05, 4.69) is 17.4 Å². The van der Waals surface area contributed by atoms with Crippen molar-refractivity contribution in [2.75, 3.05) is 20.2 Å². The van der Waals surface area contributed by atoms with Crippen LogP contribution in [0, 0.1) is 0 Å². The molecular formula is C17H26Cl2N2O2. The molecule has 0 radical (unpaired) electrons. The van der Waals surface area contributed by atoms with E-state index < -0.39 is 0 Å². The van der Waals surface area contributed by atoms with Gasteiger partial charge < -0.3 is 15.8 Å². The Kier molecular flexibility index (Phi) is 8.34. The maximum absolute atomic E-state index is 12.1. The first-order valence-electron chi connectivity index (χ1n) is 7.85. The van der Waals surface area contributed by atoms with Crippen LogP contribution >= 0.6 is 24.0 Å². The Bertz CT molecular complexity index is 484. The molecular weight excluding hydrogens is 335 g/mol. The van der Waals surface area contributed by atoms with Gasteiger partial charge in [0, 0.05) is 30.6 Å². The average Bonchev–Trinajstić information content (AvgIpc) is 3.01. The highest BCUT2D eigenvalue weighted by Crippen LogP contribution is 2.40. The summed E-state index contributed by atoms with van der Waals surface area (Å²) in [6.45, 7) is 1.01. The monoisotopic (exact) mass is 360 g/mol. The number of nitrogens with two attached hydrogens (primary N) is 1. The molecule has 0 spiro atoms. The molecule has 0 bridgehead atoms. The van der Waals surface area contributed by atoms with E-state index in [0.29, 0.717) is 19.5 Å². The normalized spacial score (nSPS) is 17.3. The van der Waals surface area contributed by atoms with Gasteiger partial charge in [0.1, 0.15) is 0 Å². The Morgan fingerprint density at radius 3 is 2.48 bits per heavy atom. The molecule has 1 saturated carbocycles. The lowest BCUT2D eigenvalue weighted by Crippen LogP contribution is -2.41. The molecule has 1 aliphatic rings. The lowest BCUT2D eigenvalue weighted by atomic mass is 9.79. The highest BCUT2D eigenvalue weighted by atomic mass is 35.5. The second-order valence-electron chi connectivity index (χ2n) is 6.07. The highest BCUT2D eigenvalue weighted by Gasteiger charge is 2.35. The van der Waals surface area contributed by atoms with E-state index in [-0.39, 0.29) is 29.8 Å². The number of ether oxygens (including phenoxy) is 1. The first-order chi connectivity index (χ1) is 10.6. The van der Waals surface area contributed by atoms with Crippen molar-refractivity contribution in [2.45, 2.75) is 43.6 Å². The number of methoxy groups -OCH3 is 1. The number of halogens is 2. The fourth-order valence-corrected chi connectivity index (χ4v) is 3.36. The Morgan fingerprint density at radius 1 is 1.35 bits per heavy atom. The molecule has 0 aromatic heterocycles. The molecule has 1 aromatic rings. The number of hydrogen-bond acceptors (Lipinski definition) is 3. The third kappa shape index (κ3) is 5.35. The van der Waals surface area contributed by atoms with Gasteiger partial charge in [-0.2, -0.15) is 0 Å². The van der Waals surface area contributed by atoms with Crippen LogP contribution in [0.4, 0.5) is 0 Å². The summed E-state index contributed by atoms with van der Waals surface area (Å²) in [4.78, 5) is 12.1. The maximum atomic E-state index is 12.1. The summed E-state index contributed by atoms with van der Waals surface area (Å²) in [6, 6.07) is 8.01. The predicted molar refractivity (Wildman–Crippen MR) is 96.3 cm³/mol. The molecule has 1 aliphatic carbocycles. The van der Waals surface area contributed by atoms with Crippen LogP contribution in [0.25, 0.3) is 0 Å². The summed E-state index contributed by atoms with van der Waals surface area (Å²) in [7, 11) is 1.58. The van der Waals surface area contributed by atoms with Crippen molar-refractivity contribution in [3.05, 3.63) is 34.9 Å². The van der Waals surface area contributed by atoms with E-state index in [9.17, 15) is 4.79 Å². The number of carbonyl (C=O) groups is 1. The highest BCUT2D eigenvalue weighted by molar-refractivity contribution is 6.30. The summed E-state index contributed by atoms with van der Waals surface area (Å²) < 4.78 is 5.16. The van der Waals surface area contributed by atoms with Gasteiger partial charge >= 0.3 is 0 Å². The minimum atomic E-state index is -0.213. The van der Waals surface area contributed by atoms with E-state index in [1.165, 1.54) is 18.4 Å². The predicted octanol–water partition coefficient (Wildman–Crippen LogP) is 3.05. The summed E-state index contributed by atoms with van der Waals surface area (Å²) in [6.07, 6.45) is 4.68. The van der Waals surface area contributed by atoms with Crippen LogP contribution in [0.3, 0.4) is 0 Å². The molecule has 0 aliphatic heterocycles. The van der Waals surface area contributed by atoms with Crippen molar-refractivity contribution >= 4 is 29.9 Å². The zero-order valence-corrected chi connectivity index (χ0v) is 15.1. The van der Waals surface area contributed by atoms with Crippen LogP contribution in [0.5, 0.6) is 0 Å². The fourth-order valence-electron chi connectivity index (χ4n) is 3.23. The minimum absolute atomic E-state index is 0. The largest absolute Gasteiger partial charge is 0.380 e. The number of benzene rings is 1. The van der Waals surface area contributed by atoms with Crippen molar-refractivity contribution in [1.29, 1.82) is 0 Å². The summed E-state index contributed by atoms with van der Waals surface area (Å²) in [5.41, 5.74) is 6.86. The van der Waals surface area contributed by atoms with Gasteiger partial charge in [0.05, 0.1) is 12.5 Å². The molecule has 2 rings (SSSR count). The Morgan fingerprint density at radius 2 is 1.96 bits per heavy atom. The van der Waals surface area contributed by atoms with Crippen LogP contribution in [0.15, 0.2) is 24.3 Å². The molecule has 1 unspecified atom stereocenters. The number of hydrogen-bond donors (Lipinski definition) is 2. The Hall–Kier alpha value is -0.810. The van der Waals surface area contributed by atoms with E-state index in [0.717, 1.165) is 17.9 Å². The molecule has 1 atom stereocenters. The lowest BCUT2D eigenvalue weighted by Gasteiger charge is -2.30. The standard InChI is InChI=1S/C17H25ClN2O2.ClH/c1-22-15(11-19)10-16(21)20-12-17(8-2-3-9-17)13-4-6-14(18)7-5-13;/h4-7,15H,2-3,8-12,19H2,1H3,(H,20,21);1H. The summed E-state index contributed by atoms with van der Waals surface area (Å²) >= 11 is 5.99. The molecule has 0 saturated heterocycles. The Balaban J connectivity index is 0.00000264. The van der Waals surface area contributed by atoms with Crippen LogP contribution in [0.2, 0.25) is 5.02 Å². The Labute approximate surface area is 149 Å². The maximum Gasteiger partial charge on any atom is 0.222 e. The molecule has 130 valence electrons. The number of nitrogens with one attached hydrogen (secondary N) is 1. The zero-order chi connectivity index (χ0) is 16.0. The lowest BCUT2D eigenvalue weighted by molar-refractivity contribution is -0.123. The van der Waals surface area contributed by atoms with Crippen LogP contribution in [0.1, 0.15) is 37.7 Å². The van der Waals surface area contributed by atoms with Gasteiger partial charge in [0.2, 0.25) is 5.91 Å². The molecule has 0 heterocycles. The van der Waals surface area contributed by atoms with Gasteiger partial charge in [0.15, 0.2) is 0 Å². The topological polar surface area (TPSA) is 64.3 Å². The average molecular weight is 361 g/mol. The number of amides is 1. The molecule has 1 aromatic carbocycles. The molecule has 1 amide bonds. The van der Waals surface area contributed by atoms with Gasteiger partial charge in [-0.05, 0) is 30.5 Å². The SMILES string of the molecule is COC(CN)CC(=O)NCC1(c2ccc(Cl)cc2)CCCC1.Cl. The van der Waals surface area contributed by atoms with Crippen LogP contribution < -0.4 is 11.1 Å². The summed E-state index contributed by atoms with van der Waals surface area (Å²) in [5.74, 6) is -0.00228.